The molecule has 27 heavy (non-hydrogen) atoms. The van der Waals surface area contributed by atoms with Gasteiger partial charge >= 0.3 is 167 Å². The molecule has 0 aromatic rings. The summed E-state index contributed by atoms with van der Waals surface area (Å²) in [6.45, 7) is 0. The Labute approximate surface area is 175 Å². The van der Waals surface area contributed by atoms with E-state index in [2.05, 4.69) is 24.3 Å². The average Bonchev–Trinajstić information content (AvgIpc) is 3.27. The Balaban J connectivity index is 0.00000131. The number of halogens is 2. The first-order chi connectivity index (χ1) is 12.4. The quantitative estimate of drug-likeness (QED) is 0.302. The predicted octanol–water partition coefficient (Wildman–Crippen LogP) is 7.74. The molecule has 3 heteroatoms. The predicted molar refractivity (Wildman–Crippen MR) is 109 cm³/mol. The summed E-state index contributed by atoms with van der Waals surface area (Å²) >= 11 is -0.772. The van der Waals surface area contributed by atoms with Crippen molar-refractivity contribution >= 4 is 0 Å². The summed E-state index contributed by atoms with van der Waals surface area (Å²) in [5, 5.41) is 0. The van der Waals surface area contributed by atoms with Gasteiger partial charge in [0.15, 0.2) is 0 Å². The van der Waals surface area contributed by atoms with Crippen LogP contribution in [0, 0.1) is 11.8 Å². The Bertz CT molecular complexity index is 536. The van der Waals surface area contributed by atoms with Gasteiger partial charge < -0.3 is 0 Å². The third-order valence-corrected chi connectivity index (χ3v) is 12.8. The summed E-state index contributed by atoms with van der Waals surface area (Å²) in [4.78, 5) is 0. The maximum atomic E-state index is 2.51. The van der Waals surface area contributed by atoms with Crippen LogP contribution in [0.15, 0.2) is 42.1 Å². The molecule has 0 aliphatic heterocycles. The van der Waals surface area contributed by atoms with E-state index in [1.165, 1.54) is 89.9 Å². The normalized spacial score (nSPS) is 23.6. The molecule has 0 atom stereocenters. The van der Waals surface area contributed by atoms with E-state index in [0.29, 0.717) is 0 Å². The van der Waals surface area contributed by atoms with Crippen molar-refractivity contribution in [1.29, 1.82) is 0 Å². The van der Waals surface area contributed by atoms with E-state index in [0.717, 1.165) is 11.8 Å². The molecule has 0 radical (unpaired) electrons. The Morgan fingerprint density at radius 3 is 1.44 bits per heavy atom. The molecule has 0 bridgehead atoms. The minimum Gasteiger partial charge on any atom is -0.269 e. The average molecular weight is 541 g/mol. The van der Waals surface area contributed by atoms with Crippen molar-refractivity contribution < 1.29 is 32.3 Å². The molecule has 2 saturated carbocycles. The number of hydrogen-bond acceptors (Lipinski definition) is 0. The van der Waals surface area contributed by atoms with Gasteiger partial charge in [0.25, 0.3) is 0 Å². The van der Waals surface area contributed by atoms with Crippen LogP contribution in [0.1, 0.15) is 89.9 Å². The van der Waals surface area contributed by atoms with Gasteiger partial charge in [0.2, 0.25) is 0 Å². The zero-order valence-corrected chi connectivity index (χ0v) is 20.3. The molecule has 0 aromatic heterocycles. The number of allylic oxidation sites excluding steroid dienone is 8. The van der Waals surface area contributed by atoms with Crippen molar-refractivity contribution in [3.63, 3.8) is 0 Å². The van der Waals surface area contributed by atoms with Crippen LogP contribution < -0.4 is 0 Å². The molecule has 4 rings (SSSR count). The smallest absolute Gasteiger partial charge is 0.269 e. The fourth-order valence-electron chi connectivity index (χ4n) is 5.33. The van der Waals surface area contributed by atoms with Crippen LogP contribution in [-0.2, 0) is 22.9 Å². The Hall–Kier alpha value is -0.310. The van der Waals surface area contributed by atoms with Crippen molar-refractivity contribution in [1.82, 2.24) is 0 Å². The van der Waals surface area contributed by atoms with Gasteiger partial charge in [-0.25, -0.2) is 0 Å². The second-order valence-corrected chi connectivity index (χ2v) is 14.0. The van der Waals surface area contributed by atoms with Crippen LogP contribution in [0.2, 0.25) is 0 Å². The van der Waals surface area contributed by atoms with E-state index in [9.17, 15) is 0 Å². The maximum Gasteiger partial charge on any atom is -0.269 e. The van der Waals surface area contributed by atoms with Gasteiger partial charge in [-0.15, -0.1) is 0 Å². The molecule has 0 nitrogen and oxygen atoms in total. The molecule has 4 aliphatic rings. The molecule has 2 fully saturated rings. The van der Waals surface area contributed by atoms with Crippen molar-refractivity contribution in [3.8, 4) is 0 Å². The third-order valence-electron chi connectivity index (χ3n) is 6.83. The molecular weight excluding hydrogens is 505 g/mol. The van der Waals surface area contributed by atoms with Crippen molar-refractivity contribution in [3.05, 3.63) is 42.1 Å². The van der Waals surface area contributed by atoms with E-state index in [1.54, 1.807) is 11.1 Å². The van der Waals surface area contributed by atoms with Crippen LogP contribution in [0.3, 0.4) is 0 Å². The molecular formula is C24H36F2Hf. The summed E-state index contributed by atoms with van der Waals surface area (Å²) in [6, 6.07) is 0. The second kappa shape index (κ2) is 11.6. The van der Waals surface area contributed by atoms with Crippen LogP contribution >= 0.6 is 0 Å². The van der Waals surface area contributed by atoms with Gasteiger partial charge in [-0.3, -0.25) is 9.41 Å². The topological polar surface area (TPSA) is 0 Å². The summed E-state index contributed by atoms with van der Waals surface area (Å²) < 4.78 is 3.90. The largest absolute Gasteiger partial charge is 0.269 e. The third kappa shape index (κ3) is 6.34. The van der Waals surface area contributed by atoms with Gasteiger partial charge in [0.05, 0.1) is 0 Å². The fourth-order valence-corrected chi connectivity index (χ4v) is 10.7. The minimum absolute atomic E-state index is 0. The number of rotatable bonds is 6. The standard InChI is InChI=1S/2C12H17.2FH.Hf/c2*1-2-6-11(7-3-1)10-12-8-4-5-9-12;;;/h2*4,8,11H,1-3,5-7,10H2;2*1H;. The van der Waals surface area contributed by atoms with Crippen LogP contribution in [0.25, 0.3) is 0 Å². The van der Waals surface area contributed by atoms with Crippen molar-refractivity contribution in [2.75, 3.05) is 0 Å². The minimum atomic E-state index is -0.772. The zero-order chi connectivity index (χ0) is 16.9. The molecule has 150 valence electrons. The molecule has 0 unspecified atom stereocenters. The Morgan fingerprint density at radius 1 is 0.630 bits per heavy atom. The first-order valence-corrected chi connectivity index (χ1v) is 14.5. The van der Waals surface area contributed by atoms with E-state index >= 15 is 0 Å². The van der Waals surface area contributed by atoms with Gasteiger partial charge in [-0.05, 0) is 0 Å². The Kier molecular flexibility index (Phi) is 9.90. The fraction of sp³-hybridized carbons (Fsp3) is 0.667. The maximum absolute atomic E-state index is 2.51. The van der Waals surface area contributed by atoms with Crippen molar-refractivity contribution in [2.24, 2.45) is 11.8 Å². The first kappa shape index (κ1) is 23.0. The van der Waals surface area contributed by atoms with E-state index in [-0.39, 0.29) is 9.41 Å². The molecule has 0 aromatic carbocycles. The second-order valence-electron chi connectivity index (χ2n) is 8.76. The SMILES string of the molecule is C1=CC(CC2CCCCC2)=[C]([Hf][C]2=C(CC3CCCCC3)C=CC2)C1.F.F. The molecule has 0 saturated heterocycles. The summed E-state index contributed by atoms with van der Waals surface area (Å²) in [5.74, 6) is 2.00. The number of hydrogen-bond donors (Lipinski definition) is 0. The first-order valence-electron chi connectivity index (χ1n) is 10.9. The molecule has 0 N–H and O–H groups in total. The van der Waals surface area contributed by atoms with Crippen LogP contribution in [0.4, 0.5) is 9.41 Å². The summed E-state index contributed by atoms with van der Waals surface area (Å²) in [5.41, 5.74) is 3.60. The van der Waals surface area contributed by atoms with E-state index in [4.69, 9.17) is 0 Å². The van der Waals surface area contributed by atoms with Gasteiger partial charge in [0, 0.05) is 0 Å². The van der Waals surface area contributed by atoms with Crippen LogP contribution in [0.5, 0.6) is 0 Å². The molecule has 4 aliphatic carbocycles. The zero-order valence-electron chi connectivity index (χ0n) is 16.7. The molecule has 0 heterocycles. The van der Waals surface area contributed by atoms with Crippen LogP contribution in [-0.4, -0.2) is 0 Å². The van der Waals surface area contributed by atoms with Gasteiger partial charge in [0.1, 0.15) is 0 Å². The summed E-state index contributed by atoms with van der Waals surface area (Å²) in [7, 11) is 0. The van der Waals surface area contributed by atoms with Crippen molar-refractivity contribution in [2.45, 2.75) is 89.9 Å². The summed E-state index contributed by atoms with van der Waals surface area (Å²) in [6.07, 6.45) is 30.3. The van der Waals surface area contributed by atoms with Gasteiger partial charge in [-0.2, -0.15) is 0 Å². The monoisotopic (exact) mass is 542 g/mol. The molecule has 0 spiro atoms. The van der Waals surface area contributed by atoms with Gasteiger partial charge in [-0.1, -0.05) is 0 Å². The van der Waals surface area contributed by atoms with E-state index in [1.807, 2.05) is 6.66 Å². The molecule has 0 amide bonds. The Morgan fingerprint density at radius 2 is 1.04 bits per heavy atom. The van der Waals surface area contributed by atoms with E-state index < -0.39 is 22.9 Å².